The number of amides is 1. The third-order valence-corrected chi connectivity index (χ3v) is 8.00. The number of hydrogen-bond acceptors (Lipinski definition) is 10. The van der Waals surface area contributed by atoms with Crippen LogP contribution >= 0.6 is 0 Å². The molecule has 3 fully saturated rings. The first-order valence-corrected chi connectivity index (χ1v) is 15.8. The van der Waals surface area contributed by atoms with Crippen molar-refractivity contribution in [3.8, 4) is 0 Å². The number of carbonyl (C=O) groups excluding carboxylic acids is 1. The summed E-state index contributed by atoms with van der Waals surface area (Å²) in [6.07, 6.45) is -0.565. The van der Waals surface area contributed by atoms with Gasteiger partial charge in [-0.3, -0.25) is 4.90 Å². The van der Waals surface area contributed by atoms with Crippen molar-refractivity contribution in [2.75, 3.05) is 29.2 Å². The quantitative estimate of drug-likeness (QED) is 0.320. The molecule has 0 spiro atoms. The number of rotatable bonds is 9. The predicted molar refractivity (Wildman–Crippen MR) is 169 cm³/mol. The maximum Gasteiger partial charge on any atom is 0.416 e. The second-order valence-corrected chi connectivity index (χ2v) is 14.7. The second-order valence-electron chi connectivity index (χ2n) is 14.7. The standard InChI is InChI=1S/C33H47F2N5O6/c1-17-37-28(39-22-16-24(42-12-13-43-31(2,3)4)27-26(22)44-33(8,9)45-27)25(36)29(38-17)40(30(41)46-32(5,6)7)23-15-19(23)18-10-11-20(34)21(35)14-18/h10-11,14,19,22-24,26-27H,12-13,15-16,36H2,1-9H3,(H,37,38,39)/t19-,22+,23+,24-,26-,27+/m0/s1. The van der Waals surface area contributed by atoms with Gasteiger partial charge in [0.2, 0.25) is 0 Å². The van der Waals surface area contributed by atoms with Gasteiger partial charge < -0.3 is 34.7 Å². The number of nitrogens with one attached hydrogen (secondary N) is 1. The van der Waals surface area contributed by atoms with E-state index in [1.807, 2.05) is 34.6 Å². The number of benzene rings is 1. The molecule has 1 aromatic heterocycles. The lowest BCUT2D eigenvalue weighted by Gasteiger charge is -2.29. The van der Waals surface area contributed by atoms with Gasteiger partial charge in [-0.05, 0) is 92.9 Å². The highest BCUT2D eigenvalue weighted by atomic mass is 19.2. The lowest BCUT2D eigenvalue weighted by molar-refractivity contribution is -0.169. The summed E-state index contributed by atoms with van der Waals surface area (Å²) in [5, 5.41) is 3.44. The molecule has 5 rings (SSSR count). The van der Waals surface area contributed by atoms with Crippen molar-refractivity contribution in [3.63, 3.8) is 0 Å². The third-order valence-electron chi connectivity index (χ3n) is 8.00. The smallest absolute Gasteiger partial charge is 0.416 e. The van der Waals surface area contributed by atoms with Crippen LogP contribution in [-0.2, 0) is 23.7 Å². The molecule has 2 aliphatic carbocycles. The normalized spacial score (nSPS) is 26.9. The van der Waals surface area contributed by atoms with E-state index in [0.717, 1.165) is 12.1 Å². The minimum Gasteiger partial charge on any atom is -0.443 e. The molecule has 11 nitrogen and oxygen atoms in total. The first-order valence-electron chi connectivity index (χ1n) is 15.8. The summed E-state index contributed by atoms with van der Waals surface area (Å²) in [5.41, 5.74) is 6.35. The van der Waals surface area contributed by atoms with Crippen molar-refractivity contribution >= 4 is 23.4 Å². The van der Waals surface area contributed by atoms with Crippen LogP contribution in [0.25, 0.3) is 0 Å². The van der Waals surface area contributed by atoms with Gasteiger partial charge in [-0.25, -0.2) is 23.5 Å². The van der Waals surface area contributed by atoms with Gasteiger partial charge in [0, 0.05) is 12.0 Å². The molecule has 3 aliphatic rings. The van der Waals surface area contributed by atoms with Crippen LogP contribution in [0, 0.1) is 18.6 Å². The lowest BCUT2D eigenvalue weighted by Crippen LogP contribution is -2.40. The fraction of sp³-hybridized carbons (Fsp3) is 0.667. The molecule has 1 aliphatic heterocycles. The van der Waals surface area contributed by atoms with Crippen molar-refractivity contribution in [1.29, 1.82) is 0 Å². The molecule has 46 heavy (non-hydrogen) atoms. The molecule has 254 valence electrons. The van der Waals surface area contributed by atoms with E-state index in [-0.39, 0.29) is 47.4 Å². The number of halogens is 2. The molecular formula is C33H47F2N5O6. The number of nitrogens with zero attached hydrogens (tertiary/aromatic N) is 3. The number of aryl methyl sites for hydroxylation is 1. The summed E-state index contributed by atoms with van der Waals surface area (Å²) in [5.74, 6) is -2.09. The van der Waals surface area contributed by atoms with E-state index < -0.39 is 35.2 Å². The number of anilines is 3. The number of ether oxygens (including phenoxy) is 5. The molecular weight excluding hydrogens is 600 g/mol. The average molecular weight is 648 g/mol. The molecule has 2 heterocycles. The molecule has 6 atom stereocenters. The summed E-state index contributed by atoms with van der Waals surface area (Å²) in [7, 11) is 0. The molecule has 1 saturated heterocycles. The number of fused-ring (bicyclic) bond motifs is 1. The fourth-order valence-electron chi connectivity index (χ4n) is 6.08. The van der Waals surface area contributed by atoms with E-state index in [0.29, 0.717) is 43.3 Å². The van der Waals surface area contributed by atoms with Gasteiger partial charge in [-0.15, -0.1) is 0 Å². The minimum absolute atomic E-state index is 0.144. The number of hydrogen-bond donors (Lipinski definition) is 2. The molecule has 1 amide bonds. The first-order chi connectivity index (χ1) is 21.3. The van der Waals surface area contributed by atoms with E-state index in [1.165, 1.54) is 11.0 Å². The van der Waals surface area contributed by atoms with E-state index in [1.54, 1.807) is 27.7 Å². The van der Waals surface area contributed by atoms with Crippen molar-refractivity contribution in [3.05, 3.63) is 41.2 Å². The highest BCUT2D eigenvalue weighted by Crippen LogP contribution is 2.48. The Kier molecular flexibility index (Phi) is 9.28. The monoisotopic (exact) mass is 647 g/mol. The molecule has 2 saturated carbocycles. The van der Waals surface area contributed by atoms with Gasteiger partial charge in [0.05, 0.1) is 31.0 Å². The summed E-state index contributed by atoms with van der Waals surface area (Å²) in [4.78, 5) is 24.3. The summed E-state index contributed by atoms with van der Waals surface area (Å²) in [6, 6.07) is 3.04. The van der Waals surface area contributed by atoms with Gasteiger partial charge in [-0.1, -0.05) is 6.07 Å². The highest BCUT2D eigenvalue weighted by Gasteiger charge is 2.55. The van der Waals surface area contributed by atoms with Crippen molar-refractivity contribution in [2.45, 2.75) is 128 Å². The summed E-state index contributed by atoms with van der Waals surface area (Å²) >= 11 is 0. The number of nitrogens with two attached hydrogens (primary N) is 1. The van der Waals surface area contributed by atoms with Crippen molar-refractivity contribution in [1.82, 2.24) is 9.97 Å². The molecule has 0 unspecified atom stereocenters. The van der Waals surface area contributed by atoms with Gasteiger partial charge in [0.25, 0.3) is 0 Å². The summed E-state index contributed by atoms with van der Waals surface area (Å²) in [6.45, 7) is 17.5. The Balaban J connectivity index is 1.40. The van der Waals surface area contributed by atoms with Gasteiger partial charge in [-0.2, -0.15) is 0 Å². The van der Waals surface area contributed by atoms with E-state index >= 15 is 0 Å². The van der Waals surface area contributed by atoms with Crippen LogP contribution < -0.4 is 16.0 Å². The van der Waals surface area contributed by atoms with E-state index in [2.05, 4.69) is 15.3 Å². The molecule has 0 bridgehead atoms. The Labute approximate surface area is 269 Å². The minimum atomic E-state index is -0.948. The van der Waals surface area contributed by atoms with Gasteiger partial charge >= 0.3 is 6.09 Å². The van der Waals surface area contributed by atoms with Crippen LogP contribution in [0.3, 0.4) is 0 Å². The molecule has 3 N–H and O–H groups in total. The molecule has 1 aromatic carbocycles. The number of nitrogen functional groups attached to an aromatic ring is 1. The Bertz CT molecular complexity index is 1440. The van der Waals surface area contributed by atoms with E-state index in [4.69, 9.17) is 29.4 Å². The van der Waals surface area contributed by atoms with Crippen molar-refractivity contribution < 1.29 is 37.3 Å². The Morgan fingerprint density at radius 1 is 1.04 bits per heavy atom. The van der Waals surface area contributed by atoms with Crippen LogP contribution in [0.2, 0.25) is 0 Å². The predicted octanol–water partition coefficient (Wildman–Crippen LogP) is 5.85. The first kappa shape index (κ1) is 34.2. The van der Waals surface area contributed by atoms with E-state index in [9.17, 15) is 13.6 Å². The molecule has 2 aromatic rings. The Hall–Kier alpha value is -3.13. The Morgan fingerprint density at radius 2 is 1.74 bits per heavy atom. The van der Waals surface area contributed by atoms with Gasteiger partial charge in [0.1, 0.15) is 29.3 Å². The Morgan fingerprint density at radius 3 is 2.39 bits per heavy atom. The average Bonchev–Trinajstić information content (AvgIpc) is 3.54. The highest BCUT2D eigenvalue weighted by molar-refractivity contribution is 5.94. The lowest BCUT2D eigenvalue weighted by atomic mass is 10.1. The topological polar surface area (TPSA) is 130 Å². The third kappa shape index (κ3) is 7.87. The summed E-state index contributed by atoms with van der Waals surface area (Å²) < 4.78 is 58.1. The second kappa shape index (κ2) is 12.5. The van der Waals surface area contributed by atoms with Crippen LogP contribution in [0.5, 0.6) is 0 Å². The van der Waals surface area contributed by atoms with Crippen molar-refractivity contribution in [2.24, 2.45) is 0 Å². The van der Waals surface area contributed by atoms with Crippen LogP contribution in [-0.4, -0.2) is 76.7 Å². The zero-order valence-electron chi connectivity index (χ0n) is 28.1. The zero-order chi connectivity index (χ0) is 33.8. The van der Waals surface area contributed by atoms with Crippen LogP contribution in [0.15, 0.2) is 18.2 Å². The molecule has 13 heteroatoms. The maximum atomic E-state index is 14.1. The SMILES string of the molecule is Cc1nc(N[C@@H]2C[C@H](OCCOC(C)(C)C)[C@H]3OC(C)(C)O[C@H]32)c(N)c(N(C(=O)OC(C)(C)C)[C@@H]2C[C@H]2c2ccc(F)c(F)c2)n1. The largest absolute Gasteiger partial charge is 0.443 e. The molecule has 0 radical (unpaired) electrons. The maximum absolute atomic E-state index is 14.1. The van der Waals surface area contributed by atoms with Gasteiger partial charge in [0.15, 0.2) is 29.1 Å². The number of carbonyl (C=O) groups is 1. The number of aromatic nitrogens is 2. The fourth-order valence-corrected chi connectivity index (χ4v) is 6.08. The zero-order valence-corrected chi connectivity index (χ0v) is 28.1. The van der Waals surface area contributed by atoms with Crippen LogP contribution in [0.1, 0.15) is 85.5 Å². The van der Waals surface area contributed by atoms with Crippen LogP contribution in [0.4, 0.5) is 30.9 Å².